The maximum Gasteiger partial charge on any atom is 0.412 e. The highest BCUT2D eigenvalue weighted by atomic mass is 35.5. The fourth-order valence-corrected chi connectivity index (χ4v) is 3.85. The molecule has 0 aliphatic carbocycles. The van der Waals surface area contributed by atoms with E-state index in [-0.39, 0.29) is 0 Å². The Morgan fingerprint density at radius 2 is 2.00 bits per heavy atom. The van der Waals surface area contributed by atoms with Crippen molar-refractivity contribution in [2.45, 2.75) is 20.0 Å². The van der Waals surface area contributed by atoms with E-state index in [0.29, 0.717) is 21.6 Å². The van der Waals surface area contributed by atoms with E-state index in [1.807, 2.05) is 19.1 Å². The molecule has 2 N–H and O–H groups in total. The molecule has 0 radical (unpaired) electrons. The number of fused-ring (bicyclic) bond motifs is 3. The monoisotopic (exact) mass is 420 g/mol. The van der Waals surface area contributed by atoms with Crippen molar-refractivity contribution in [3.8, 4) is 0 Å². The molecule has 0 saturated heterocycles. The lowest BCUT2D eigenvalue weighted by molar-refractivity contribution is 0.117. The van der Waals surface area contributed by atoms with Crippen LogP contribution in [0, 0.1) is 6.92 Å². The molecule has 0 aliphatic heterocycles. The Balaban J connectivity index is 1.53. The molecular weight excluding hydrogens is 407 g/mol. The summed E-state index contributed by atoms with van der Waals surface area (Å²) in [7, 11) is 0. The molecular formula is C18H14Cl2N4O2S. The number of benzene rings is 2. The number of halogens is 2. The summed E-state index contributed by atoms with van der Waals surface area (Å²) in [6.07, 6.45) is -1.19. The van der Waals surface area contributed by atoms with Crippen LogP contribution in [0.25, 0.3) is 21.3 Å². The van der Waals surface area contributed by atoms with Gasteiger partial charge in [-0.3, -0.25) is 5.32 Å². The van der Waals surface area contributed by atoms with Crippen molar-refractivity contribution >= 4 is 67.6 Å². The Labute approximate surface area is 168 Å². The van der Waals surface area contributed by atoms with Crippen LogP contribution in [-0.4, -0.2) is 21.0 Å². The Kier molecular flexibility index (Phi) is 4.67. The van der Waals surface area contributed by atoms with Gasteiger partial charge < -0.3 is 9.72 Å². The maximum absolute atomic E-state index is 12.2. The molecule has 2 heterocycles. The summed E-state index contributed by atoms with van der Waals surface area (Å²) in [6, 6.07) is 8.76. The van der Waals surface area contributed by atoms with Crippen molar-refractivity contribution in [3.63, 3.8) is 0 Å². The van der Waals surface area contributed by atoms with Gasteiger partial charge in [0.25, 0.3) is 0 Å². The second kappa shape index (κ2) is 6.99. The van der Waals surface area contributed by atoms with Gasteiger partial charge in [0.15, 0.2) is 6.10 Å². The highest BCUT2D eigenvalue weighted by molar-refractivity contribution is 7.18. The number of imidazole rings is 1. The molecule has 2 aromatic heterocycles. The number of nitrogens with one attached hydrogen (secondary N) is 2. The zero-order valence-corrected chi connectivity index (χ0v) is 16.7. The third-order valence-electron chi connectivity index (χ3n) is 3.97. The van der Waals surface area contributed by atoms with Crippen LogP contribution in [-0.2, 0) is 4.74 Å². The normalized spacial score (nSPS) is 12.4. The summed E-state index contributed by atoms with van der Waals surface area (Å²) in [5.74, 6) is 0.549. The number of rotatable bonds is 3. The molecule has 9 heteroatoms. The van der Waals surface area contributed by atoms with Crippen LogP contribution in [0.1, 0.15) is 23.9 Å². The molecule has 0 bridgehead atoms. The first kappa shape index (κ1) is 18.0. The number of nitrogens with zero attached hydrogens (tertiary/aromatic N) is 2. The van der Waals surface area contributed by atoms with Crippen LogP contribution < -0.4 is 5.32 Å². The lowest BCUT2D eigenvalue weighted by atomic mass is 10.3. The quantitative estimate of drug-likeness (QED) is 0.419. The molecule has 0 unspecified atom stereocenters. The lowest BCUT2D eigenvalue weighted by Crippen LogP contribution is -2.16. The van der Waals surface area contributed by atoms with E-state index in [2.05, 4.69) is 20.3 Å². The van der Waals surface area contributed by atoms with Gasteiger partial charge in [-0.05, 0) is 44.2 Å². The summed E-state index contributed by atoms with van der Waals surface area (Å²) in [4.78, 5) is 24.5. The third-order valence-corrected chi connectivity index (χ3v) is 5.65. The Bertz CT molecular complexity index is 1170. The minimum Gasteiger partial charge on any atom is -0.438 e. The predicted octanol–water partition coefficient (Wildman–Crippen LogP) is 6.10. The van der Waals surface area contributed by atoms with Gasteiger partial charge >= 0.3 is 6.09 Å². The van der Waals surface area contributed by atoms with Crippen molar-refractivity contribution in [3.05, 3.63) is 51.2 Å². The number of aryl methyl sites for hydroxylation is 1. The number of aromatic amines is 1. The standard InChI is InChI=1S/C18H14Cl2N4O2S/c1-8(26-18(25)22-10-3-4-11(19)12(20)7-10)17-23-13-5-6-14-16(15(13)24-17)21-9(2)27-14/h3-8H,1-2H3,(H,22,25)(H,23,24)/t8-/m0/s1. The second-order valence-electron chi connectivity index (χ2n) is 5.96. The Morgan fingerprint density at radius 1 is 1.19 bits per heavy atom. The number of H-pyrrole nitrogens is 1. The molecule has 0 spiro atoms. The average molecular weight is 421 g/mol. The first-order chi connectivity index (χ1) is 12.9. The van der Waals surface area contributed by atoms with E-state index in [4.69, 9.17) is 27.9 Å². The van der Waals surface area contributed by atoms with E-state index in [1.54, 1.807) is 36.5 Å². The number of ether oxygens (including phenoxy) is 1. The van der Waals surface area contributed by atoms with Crippen LogP contribution in [0.2, 0.25) is 10.0 Å². The molecule has 138 valence electrons. The van der Waals surface area contributed by atoms with Crippen LogP contribution in [0.5, 0.6) is 0 Å². The number of thiazole rings is 1. The van der Waals surface area contributed by atoms with Crippen molar-refractivity contribution < 1.29 is 9.53 Å². The number of carbonyl (C=O) groups excluding carboxylic acids is 1. The number of anilines is 1. The summed E-state index contributed by atoms with van der Waals surface area (Å²) in [6.45, 7) is 3.71. The highest BCUT2D eigenvalue weighted by Crippen LogP contribution is 2.29. The molecule has 0 aliphatic rings. The predicted molar refractivity (Wildman–Crippen MR) is 109 cm³/mol. The zero-order chi connectivity index (χ0) is 19.1. The number of amides is 1. The molecule has 4 rings (SSSR count). The van der Waals surface area contributed by atoms with Crippen LogP contribution in [0.4, 0.5) is 10.5 Å². The fraction of sp³-hybridized carbons (Fsp3) is 0.167. The lowest BCUT2D eigenvalue weighted by Gasteiger charge is -2.12. The van der Waals surface area contributed by atoms with Gasteiger partial charge in [-0.1, -0.05) is 23.2 Å². The summed E-state index contributed by atoms with van der Waals surface area (Å²) in [5.41, 5.74) is 2.96. The third kappa shape index (κ3) is 3.58. The van der Waals surface area contributed by atoms with Gasteiger partial charge in [-0.25, -0.2) is 14.8 Å². The smallest absolute Gasteiger partial charge is 0.412 e. The van der Waals surface area contributed by atoms with Crippen LogP contribution in [0.3, 0.4) is 0 Å². The maximum atomic E-state index is 12.2. The minimum absolute atomic E-state index is 0.349. The molecule has 2 aromatic carbocycles. The molecule has 1 amide bonds. The van der Waals surface area contributed by atoms with E-state index in [1.165, 1.54) is 0 Å². The molecule has 6 nitrogen and oxygen atoms in total. The van der Waals surface area contributed by atoms with Gasteiger partial charge in [0.05, 0.1) is 25.3 Å². The molecule has 0 saturated carbocycles. The fourth-order valence-electron chi connectivity index (χ4n) is 2.72. The Morgan fingerprint density at radius 3 is 2.78 bits per heavy atom. The van der Waals surface area contributed by atoms with E-state index in [0.717, 1.165) is 26.3 Å². The van der Waals surface area contributed by atoms with Crippen LogP contribution in [0.15, 0.2) is 30.3 Å². The van der Waals surface area contributed by atoms with Crippen molar-refractivity contribution in [2.24, 2.45) is 0 Å². The topological polar surface area (TPSA) is 79.9 Å². The van der Waals surface area contributed by atoms with E-state index in [9.17, 15) is 4.79 Å². The van der Waals surface area contributed by atoms with Gasteiger partial charge in [-0.15, -0.1) is 11.3 Å². The number of aromatic nitrogens is 3. The summed E-state index contributed by atoms with van der Waals surface area (Å²) in [5, 5.41) is 4.36. The minimum atomic E-state index is -0.615. The first-order valence-electron chi connectivity index (χ1n) is 8.09. The number of hydrogen-bond acceptors (Lipinski definition) is 5. The van der Waals surface area contributed by atoms with Crippen molar-refractivity contribution in [1.82, 2.24) is 15.0 Å². The summed E-state index contributed by atoms with van der Waals surface area (Å²) < 4.78 is 6.49. The Hall–Kier alpha value is -2.35. The molecule has 4 aromatic rings. The van der Waals surface area contributed by atoms with Gasteiger partial charge in [0, 0.05) is 5.69 Å². The molecule has 0 fully saturated rings. The first-order valence-corrected chi connectivity index (χ1v) is 9.66. The summed E-state index contributed by atoms with van der Waals surface area (Å²) >= 11 is 13.4. The molecule has 27 heavy (non-hydrogen) atoms. The van der Waals surface area contributed by atoms with Gasteiger partial charge in [0.2, 0.25) is 0 Å². The highest BCUT2D eigenvalue weighted by Gasteiger charge is 2.18. The average Bonchev–Trinajstić information content (AvgIpc) is 3.20. The molecule has 1 atom stereocenters. The zero-order valence-electron chi connectivity index (χ0n) is 14.3. The van der Waals surface area contributed by atoms with E-state index >= 15 is 0 Å². The second-order valence-corrected chi connectivity index (χ2v) is 8.01. The largest absolute Gasteiger partial charge is 0.438 e. The van der Waals surface area contributed by atoms with Crippen molar-refractivity contribution in [2.75, 3.05) is 5.32 Å². The van der Waals surface area contributed by atoms with Gasteiger partial charge in [-0.2, -0.15) is 0 Å². The van der Waals surface area contributed by atoms with Crippen molar-refractivity contribution in [1.29, 1.82) is 0 Å². The SMILES string of the molecule is Cc1nc2c(ccc3[nH]c([C@H](C)OC(=O)Nc4ccc(Cl)c(Cl)c4)nc32)s1. The number of hydrogen-bond donors (Lipinski definition) is 2. The number of carbonyl (C=O) groups is 1. The van der Waals surface area contributed by atoms with Crippen LogP contribution >= 0.6 is 34.5 Å². The van der Waals surface area contributed by atoms with E-state index < -0.39 is 12.2 Å². The van der Waals surface area contributed by atoms with Gasteiger partial charge in [0.1, 0.15) is 16.9 Å².